The van der Waals surface area contributed by atoms with Gasteiger partial charge < -0.3 is 0 Å². The van der Waals surface area contributed by atoms with E-state index in [1.54, 1.807) is 6.08 Å². The Morgan fingerprint density at radius 3 is 2.67 bits per heavy atom. The van der Waals surface area contributed by atoms with Gasteiger partial charge in [0.05, 0.1) is 6.54 Å². The molecule has 0 N–H and O–H groups in total. The van der Waals surface area contributed by atoms with E-state index in [0.717, 1.165) is 6.42 Å². The van der Waals surface area contributed by atoms with E-state index in [9.17, 15) is 4.79 Å². The number of isocyanates is 1. The monoisotopic (exact) mass is 203 g/mol. The van der Waals surface area contributed by atoms with Gasteiger partial charge in [0.15, 0.2) is 0 Å². The minimum Gasteiger partial charge on any atom is -0.211 e. The summed E-state index contributed by atoms with van der Waals surface area (Å²) in [6, 6.07) is 8.43. The van der Waals surface area contributed by atoms with Crippen LogP contribution < -0.4 is 0 Å². The van der Waals surface area contributed by atoms with Crippen LogP contribution in [0.25, 0.3) is 0 Å². The first-order valence-electron chi connectivity index (χ1n) is 5.17. The van der Waals surface area contributed by atoms with Crippen LogP contribution in [0, 0.1) is 0 Å². The molecule has 2 heteroatoms. The van der Waals surface area contributed by atoms with Crippen molar-refractivity contribution in [2.24, 2.45) is 4.99 Å². The molecule has 0 aliphatic heterocycles. The van der Waals surface area contributed by atoms with E-state index in [1.165, 1.54) is 11.1 Å². The molecular formula is C13H17NO. The van der Waals surface area contributed by atoms with Crippen molar-refractivity contribution >= 4 is 6.08 Å². The Balaban J connectivity index is 2.79. The van der Waals surface area contributed by atoms with Gasteiger partial charge in [0.1, 0.15) is 0 Å². The molecule has 0 fully saturated rings. The molecule has 0 saturated carbocycles. The van der Waals surface area contributed by atoms with Crippen molar-refractivity contribution < 1.29 is 4.79 Å². The first-order valence-corrected chi connectivity index (χ1v) is 5.17. The van der Waals surface area contributed by atoms with Crippen LogP contribution in [0.15, 0.2) is 29.3 Å². The first-order chi connectivity index (χ1) is 7.04. The third kappa shape index (κ3) is 3.69. The van der Waals surface area contributed by atoms with Crippen molar-refractivity contribution in [2.75, 3.05) is 6.54 Å². The second kappa shape index (κ2) is 4.90. The summed E-state index contributed by atoms with van der Waals surface area (Å²) in [6.45, 7) is 7.10. The van der Waals surface area contributed by atoms with E-state index in [1.807, 2.05) is 0 Å². The van der Waals surface area contributed by atoms with Gasteiger partial charge in [0, 0.05) is 0 Å². The quantitative estimate of drug-likeness (QED) is 0.548. The average molecular weight is 203 g/mol. The first kappa shape index (κ1) is 11.7. The molecule has 0 amide bonds. The highest BCUT2D eigenvalue weighted by atomic mass is 16.1. The predicted molar refractivity (Wildman–Crippen MR) is 61.8 cm³/mol. The van der Waals surface area contributed by atoms with E-state index in [4.69, 9.17) is 0 Å². The van der Waals surface area contributed by atoms with Crippen LogP contribution in [-0.2, 0) is 16.6 Å². The maximum atomic E-state index is 9.93. The summed E-state index contributed by atoms with van der Waals surface area (Å²) in [4.78, 5) is 13.5. The summed E-state index contributed by atoms with van der Waals surface area (Å²) in [7, 11) is 0. The standard InChI is InChI=1S/C13H17NO/c1-13(2,3)12-6-4-5-11(9-12)7-8-14-10-15/h4-6,9H,7-8H2,1-3H3. The number of rotatable bonds is 3. The predicted octanol–water partition coefficient (Wildman–Crippen LogP) is 2.86. The zero-order valence-corrected chi connectivity index (χ0v) is 9.58. The average Bonchev–Trinajstić information content (AvgIpc) is 2.17. The lowest BCUT2D eigenvalue weighted by Crippen LogP contribution is -2.11. The molecule has 80 valence electrons. The summed E-state index contributed by atoms with van der Waals surface area (Å²) < 4.78 is 0. The fourth-order valence-electron chi connectivity index (χ4n) is 1.42. The molecule has 0 atom stereocenters. The third-order valence-corrected chi connectivity index (χ3v) is 2.37. The lowest BCUT2D eigenvalue weighted by atomic mass is 9.86. The Hall–Kier alpha value is -1.40. The normalized spacial score (nSPS) is 10.9. The number of nitrogens with zero attached hydrogens (tertiary/aromatic N) is 1. The van der Waals surface area contributed by atoms with Crippen LogP contribution in [0.4, 0.5) is 0 Å². The molecule has 0 saturated heterocycles. The van der Waals surface area contributed by atoms with Gasteiger partial charge in [-0.15, -0.1) is 0 Å². The van der Waals surface area contributed by atoms with Crippen molar-refractivity contribution in [2.45, 2.75) is 32.6 Å². The number of hydrogen-bond acceptors (Lipinski definition) is 2. The third-order valence-electron chi connectivity index (χ3n) is 2.37. The number of aliphatic imine (C=N–C) groups is 1. The Morgan fingerprint density at radius 2 is 2.07 bits per heavy atom. The highest BCUT2D eigenvalue weighted by Crippen LogP contribution is 2.22. The zero-order chi connectivity index (χ0) is 11.3. The van der Waals surface area contributed by atoms with Crippen LogP contribution in [-0.4, -0.2) is 12.6 Å². The summed E-state index contributed by atoms with van der Waals surface area (Å²) in [5, 5.41) is 0. The summed E-state index contributed by atoms with van der Waals surface area (Å²) in [5.74, 6) is 0. The van der Waals surface area contributed by atoms with Gasteiger partial charge in [0.2, 0.25) is 6.08 Å². The van der Waals surface area contributed by atoms with E-state index in [2.05, 4.69) is 50.0 Å². The summed E-state index contributed by atoms with van der Waals surface area (Å²) in [6.07, 6.45) is 2.36. The molecule has 15 heavy (non-hydrogen) atoms. The van der Waals surface area contributed by atoms with Crippen LogP contribution >= 0.6 is 0 Å². The Kier molecular flexibility index (Phi) is 3.81. The second-order valence-corrected chi connectivity index (χ2v) is 4.67. The lowest BCUT2D eigenvalue weighted by molar-refractivity contribution is 0.563. The van der Waals surface area contributed by atoms with Crippen molar-refractivity contribution in [1.29, 1.82) is 0 Å². The molecule has 1 rings (SSSR count). The van der Waals surface area contributed by atoms with Gasteiger partial charge >= 0.3 is 0 Å². The van der Waals surface area contributed by atoms with Crippen LogP contribution in [0.3, 0.4) is 0 Å². The maximum absolute atomic E-state index is 9.93. The molecule has 1 aromatic rings. The Bertz CT molecular complexity index is 370. The molecule has 1 aromatic carbocycles. The van der Waals surface area contributed by atoms with Gasteiger partial charge in [-0.25, -0.2) is 9.79 Å². The van der Waals surface area contributed by atoms with Gasteiger partial charge in [0.25, 0.3) is 0 Å². The molecule has 0 aliphatic rings. The lowest BCUT2D eigenvalue weighted by Gasteiger charge is -2.19. The highest BCUT2D eigenvalue weighted by Gasteiger charge is 2.13. The molecule has 0 radical (unpaired) electrons. The number of carbonyl (C=O) groups excluding carboxylic acids is 1. The van der Waals surface area contributed by atoms with Gasteiger partial charge in [-0.3, -0.25) is 0 Å². The Morgan fingerprint density at radius 1 is 1.33 bits per heavy atom. The van der Waals surface area contributed by atoms with Gasteiger partial charge in [-0.1, -0.05) is 45.0 Å². The number of hydrogen-bond donors (Lipinski definition) is 0. The van der Waals surface area contributed by atoms with Gasteiger partial charge in [-0.2, -0.15) is 0 Å². The van der Waals surface area contributed by atoms with E-state index in [-0.39, 0.29) is 5.41 Å². The second-order valence-electron chi connectivity index (χ2n) is 4.67. The van der Waals surface area contributed by atoms with Crippen molar-refractivity contribution in [1.82, 2.24) is 0 Å². The molecule has 0 aliphatic carbocycles. The molecule has 0 unspecified atom stereocenters. The summed E-state index contributed by atoms with van der Waals surface area (Å²) >= 11 is 0. The van der Waals surface area contributed by atoms with E-state index in [0.29, 0.717) is 6.54 Å². The highest BCUT2D eigenvalue weighted by molar-refractivity contribution is 5.33. The smallest absolute Gasteiger partial charge is 0.211 e. The van der Waals surface area contributed by atoms with Crippen molar-refractivity contribution in [3.63, 3.8) is 0 Å². The van der Waals surface area contributed by atoms with Crippen molar-refractivity contribution in [3.05, 3.63) is 35.4 Å². The van der Waals surface area contributed by atoms with Crippen molar-refractivity contribution in [3.8, 4) is 0 Å². The van der Waals surface area contributed by atoms with Crippen LogP contribution in [0.1, 0.15) is 31.9 Å². The molecule has 0 bridgehead atoms. The SMILES string of the molecule is CC(C)(C)c1cccc(CCN=C=O)c1. The molecular weight excluding hydrogens is 186 g/mol. The molecule has 0 aromatic heterocycles. The van der Waals surface area contributed by atoms with E-state index >= 15 is 0 Å². The fourth-order valence-corrected chi connectivity index (χ4v) is 1.42. The van der Waals surface area contributed by atoms with Crippen LogP contribution in [0.2, 0.25) is 0 Å². The minimum atomic E-state index is 0.171. The van der Waals surface area contributed by atoms with Crippen LogP contribution in [0.5, 0.6) is 0 Å². The largest absolute Gasteiger partial charge is 0.234 e. The fraction of sp³-hybridized carbons (Fsp3) is 0.462. The van der Waals surface area contributed by atoms with Gasteiger partial charge in [-0.05, 0) is 23.0 Å². The molecule has 0 spiro atoms. The minimum absolute atomic E-state index is 0.171. The summed E-state index contributed by atoms with van der Waals surface area (Å²) in [5.41, 5.74) is 2.71. The number of benzene rings is 1. The topological polar surface area (TPSA) is 29.4 Å². The zero-order valence-electron chi connectivity index (χ0n) is 9.58. The molecule has 0 heterocycles. The maximum Gasteiger partial charge on any atom is 0.234 e. The molecule has 2 nitrogen and oxygen atoms in total. The Labute approximate surface area is 91.0 Å². The van der Waals surface area contributed by atoms with E-state index < -0.39 is 0 Å².